The minimum absolute atomic E-state index is 0.240. The van der Waals surface area contributed by atoms with Gasteiger partial charge in [0.15, 0.2) is 0 Å². The van der Waals surface area contributed by atoms with E-state index in [9.17, 15) is 4.79 Å². The molecule has 0 rings (SSSR count). The first-order valence-corrected chi connectivity index (χ1v) is 8.71. The van der Waals surface area contributed by atoms with E-state index >= 15 is 0 Å². The van der Waals surface area contributed by atoms with Gasteiger partial charge in [-0.25, -0.2) is 0 Å². The lowest BCUT2D eigenvalue weighted by molar-refractivity contribution is -0.143. The highest BCUT2D eigenvalue weighted by atomic mass is 16.4. The lowest BCUT2D eigenvalue weighted by Gasteiger charge is -2.07. The molecule has 1 atom stereocenters. The van der Waals surface area contributed by atoms with Crippen molar-refractivity contribution in [3.05, 3.63) is 12.2 Å². The van der Waals surface area contributed by atoms with Crippen molar-refractivity contribution >= 4 is 5.97 Å². The summed E-state index contributed by atoms with van der Waals surface area (Å²) in [5.74, 6) is -1.45. The molecule has 3 nitrogen and oxygen atoms in total. The number of rotatable bonds is 15. The molecule has 0 saturated carbocycles. The minimum atomic E-state index is -0.876. The molecule has 0 aromatic heterocycles. The lowest BCUT2D eigenvalue weighted by atomic mass is 10.0. The van der Waals surface area contributed by atoms with E-state index in [4.69, 9.17) is 10.2 Å². The summed E-state index contributed by atoms with van der Waals surface area (Å²) < 4.78 is 0. The summed E-state index contributed by atoms with van der Waals surface area (Å²) in [5.41, 5.74) is 0. The van der Waals surface area contributed by atoms with E-state index in [1.165, 1.54) is 44.9 Å². The van der Waals surface area contributed by atoms with Crippen LogP contribution in [0.1, 0.15) is 84.0 Å². The van der Waals surface area contributed by atoms with Crippen LogP contribution in [0.25, 0.3) is 0 Å². The van der Waals surface area contributed by atoms with Crippen molar-refractivity contribution in [1.82, 2.24) is 0 Å². The number of aliphatic hydroxyl groups is 1. The van der Waals surface area contributed by atoms with Gasteiger partial charge in [0, 0.05) is 0 Å². The summed E-state index contributed by atoms with van der Waals surface area (Å²) in [5, 5.41) is 17.7. The third-order valence-corrected chi connectivity index (χ3v) is 3.88. The van der Waals surface area contributed by atoms with Crippen LogP contribution in [0.5, 0.6) is 0 Å². The van der Waals surface area contributed by atoms with Gasteiger partial charge in [0.1, 0.15) is 0 Å². The molecule has 0 radical (unpaired) electrons. The molecular formula is C18H34O3. The highest BCUT2D eigenvalue weighted by Gasteiger charge is 2.14. The van der Waals surface area contributed by atoms with Crippen LogP contribution in [-0.4, -0.2) is 22.8 Å². The Morgan fingerprint density at radius 3 is 1.90 bits per heavy atom. The summed E-state index contributed by atoms with van der Waals surface area (Å²) in [6, 6.07) is 0. The van der Waals surface area contributed by atoms with Crippen molar-refractivity contribution in [2.24, 2.45) is 5.92 Å². The normalized spacial score (nSPS) is 12.9. The summed E-state index contributed by atoms with van der Waals surface area (Å²) in [4.78, 5) is 10.7. The van der Waals surface area contributed by atoms with Crippen molar-refractivity contribution in [3.63, 3.8) is 0 Å². The first-order chi connectivity index (χ1) is 10.2. The van der Waals surface area contributed by atoms with E-state index in [-0.39, 0.29) is 6.61 Å². The highest BCUT2D eigenvalue weighted by molar-refractivity contribution is 5.69. The summed E-state index contributed by atoms with van der Waals surface area (Å²) in [6.45, 7) is 2.00. The number of carboxylic acids is 1. The largest absolute Gasteiger partial charge is 0.481 e. The Labute approximate surface area is 130 Å². The van der Waals surface area contributed by atoms with Crippen LogP contribution in [0.2, 0.25) is 0 Å². The van der Waals surface area contributed by atoms with Crippen LogP contribution in [0, 0.1) is 5.92 Å². The smallest absolute Gasteiger partial charge is 0.308 e. The molecule has 124 valence electrons. The zero-order chi connectivity index (χ0) is 15.8. The predicted octanol–water partition coefficient (Wildman–Crippen LogP) is 4.94. The van der Waals surface area contributed by atoms with Crippen LogP contribution in [0.15, 0.2) is 12.2 Å². The van der Waals surface area contributed by atoms with Crippen molar-refractivity contribution in [3.8, 4) is 0 Å². The van der Waals surface area contributed by atoms with E-state index in [1.807, 2.05) is 0 Å². The maximum absolute atomic E-state index is 10.7. The fourth-order valence-electron chi connectivity index (χ4n) is 2.40. The highest BCUT2D eigenvalue weighted by Crippen LogP contribution is 2.12. The molecule has 0 aliphatic rings. The SMILES string of the molecule is CCCCCCCC=CCCCCCCC(CO)C(=O)O. The van der Waals surface area contributed by atoms with Crippen molar-refractivity contribution in [2.45, 2.75) is 84.0 Å². The fourth-order valence-corrected chi connectivity index (χ4v) is 2.40. The molecule has 2 N–H and O–H groups in total. The first-order valence-electron chi connectivity index (χ1n) is 8.71. The van der Waals surface area contributed by atoms with Crippen LogP contribution < -0.4 is 0 Å². The van der Waals surface area contributed by atoms with Crippen LogP contribution in [-0.2, 0) is 4.79 Å². The second-order valence-corrected chi connectivity index (χ2v) is 5.88. The molecule has 0 spiro atoms. The van der Waals surface area contributed by atoms with Crippen LogP contribution >= 0.6 is 0 Å². The standard InChI is InChI=1S/C18H34O3/c1-2-3-4-5-6-7-8-9-10-11-12-13-14-15-17(16-19)18(20)21/h8-9,17,19H,2-7,10-16H2,1H3,(H,20,21). The number of hydrogen-bond acceptors (Lipinski definition) is 2. The van der Waals surface area contributed by atoms with Gasteiger partial charge >= 0.3 is 5.97 Å². The van der Waals surface area contributed by atoms with Gasteiger partial charge in [0.05, 0.1) is 12.5 Å². The maximum Gasteiger partial charge on any atom is 0.308 e. The number of carbonyl (C=O) groups is 1. The van der Waals surface area contributed by atoms with Crippen molar-refractivity contribution < 1.29 is 15.0 Å². The maximum atomic E-state index is 10.7. The van der Waals surface area contributed by atoms with E-state index in [2.05, 4.69) is 19.1 Å². The van der Waals surface area contributed by atoms with Gasteiger partial charge in [-0.3, -0.25) is 4.79 Å². The van der Waals surface area contributed by atoms with Gasteiger partial charge in [0.25, 0.3) is 0 Å². The fraction of sp³-hybridized carbons (Fsp3) is 0.833. The molecule has 21 heavy (non-hydrogen) atoms. The van der Waals surface area contributed by atoms with Gasteiger partial charge in [-0.05, 0) is 32.1 Å². The van der Waals surface area contributed by atoms with E-state index in [0.29, 0.717) is 6.42 Å². The molecule has 0 fully saturated rings. The molecule has 0 aromatic carbocycles. The van der Waals surface area contributed by atoms with E-state index < -0.39 is 11.9 Å². The van der Waals surface area contributed by atoms with Gasteiger partial charge in [-0.1, -0.05) is 64.0 Å². The lowest BCUT2D eigenvalue weighted by Crippen LogP contribution is -2.17. The average Bonchev–Trinajstić information content (AvgIpc) is 2.47. The number of carboxylic acid groups (broad SMARTS) is 1. The number of unbranched alkanes of at least 4 members (excludes halogenated alkanes) is 9. The van der Waals surface area contributed by atoms with Gasteiger partial charge in [-0.15, -0.1) is 0 Å². The van der Waals surface area contributed by atoms with Crippen molar-refractivity contribution in [1.29, 1.82) is 0 Å². The second-order valence-electron chi connectivity index (χ2n) is 5.88. The Morgan fingerprint density at radius 1 is 0.905 bits per heavy atom. The number of aliphatic hydroxyl groups excluding tert-OH is 1. The van der Waals surface area contributed by atoms with Crippen LogP contribution in [0.4, 0.5) is 0 Å². The summed E-state index contributed by atoms with van der Waals surface area (Å²) in [6.07, 6.45) is 18.5. The Morgan fingerprint density at radius 2 is 1.43 bits per heavy atom. The van der Waals surface area contributed by atoms with Crippen molar-refractivity contribution in [2.75, 3.05) is 6.61 Å². The van der Waals surface area contributed by atoms with Crippen LogP contribution in [0.3, 0.4) is 0 Å². The Kier molecular flexibility index (Phi) is 14.9. The third-order valence-electron chi connectivity index (χ3n) is 3.88. The Hall–Kier alpha value is -0.830. The second kappa shape index (κ2) is 15.6. The average molecular weight is 298 g/mol. The number of hydrogen-bond donors (Lipinski definition) is 2. The number of allylic oxidation sites excluding steroid dienone is 2. The quantitative estimate of drug-likeness (QED) is 0.333. The molecule has 0 aliphatic carbocycles. The van der Waals surface area contributed by atoms with E-state index in [0.717, 1.165) is 25.7 Å². The minimum Gasteiger partial charge on any atom is -0.481 e. The molecule has 1 unspecified atom stereocenters. The predicted molar refractivity (Wildman–Crippen MR) is 88.4 cm³/mol. The molecule has 3 heteroatoms. The summed E-state index contributed by atoms with van der Waals surface area (Å²) in [7, 11) is 0. The molecular weight excluding hydrogens is 264 g/mol. The first kappa shape index (κ1) is 20.2. The zero-order valence-corrected chi connectivity index (χ0v) is 13.7. The molecule has 0 saturated heterocycles. The molecule has 0 bridgehead atoms. The molecule has 0 amide bonds. The molecule has 0 aromatic rings. The van der Waals surface area contributed by atoms with Gasteiger partial charge in [-0.2, -0.15) is 0 Å². The zero-order valence-electron chi connectivity index (χ0n) is 13.7. The topological polar surface area (TPSA) is 57.5 Å². The Balaban J connectivity index is 3.26. The Bertz CT molecular complexity index is 261. The van der Waals surface area contributed by atoms with E-state index in [1.54, 1.807) is 0 Å². The van der Waals surface area contributed by atoms with Gasteiger partial charge in [0.2, 0.25) is 0 Å². The monoisotopic (exact) mass is 298 g/mol. The summed E-state index contributed by atoms with van der Waals surface area (Å²) >= 11 is 0. The molecule has 0 heterocycles. The number of aliphatic carboxylic acids is 1. The third kappa shape index (κ3) is 13.9. The molecule has 0 aliphatic heterocycles. The van der Waals surface area contributed by atoms with Gasteiger partial charge < -0.3 is 10.2 Å².